The average Bonchev–Trinajstić information content (AvgIpc) is 2.77. The summed E-state index contributed by atoms with van der Waals surface area (Å²) >= 11 is 6.12. The summed E-state index contributed by atoms with van der Waals surface area (Å²) in [5.74, 6) is 1.75. The molecule has 6 heteroatoms. The third-order valence-corrected chi connectivity index (χ3v) is 5.71. The minimum Gasteiger partial charge on any atom is -0.478 e. The third kappa shape index (κ3) is 4.72. The minimum atomic E-state index is -1.13. The van der Waals surface area contributed by atoms with Crippen LogP contribution < -0.4 is 10.7 Å². The molecule has 0 aliphatic heterocycles. The van der Waals surface area contributed by atoms with Crippen LogP contribution in [0.15, 0.2) is 57.8 Å². The van der Waals surface area contributed by atoms with Crippen molar-refractivity contribution in [2.45, 2.75) is 33.7 Å². The summed E-state index contributed by atoms with van der Waals surface area (Å²) in [6, 6.07) is 8.17. The zero-order chi connectivity index (χ0) is 24.3. The molecule has 0 bridgehead atoms. The van der Waals surface area contributed by atoms with E-state index >= 15 is 0 Å². The average molecular weight is 462 g/mol. The van der Waals surface area contributed by atoms with Crippen molar-refractivity contribution < 1.29 is 14.3 Å². The Labute approximate surface area is 197 Å². The summed E-state index contributed by atoms with van der Waals surface area (Å²) in [4.78, 5) is 25.0. The molecular formula is C27H24ClNO4. The van der Waals surface area contributed by atoms with Crippen LogP contribution in [0.4, 0.5) is 5.69 Å². The van der Waals surface area contributed by atoms with Crippen LogP contribution in [0.25, 0.3) is 16.5 Å². The summed E-state index contributed by atoms with van der Waals surface area (Å²) < 4.78 is 6.30. The molecule has 0 spiro atoms. The molecule has 2 N–H and O–H groups in total. The number of hydrogen-bond acceptors (Lipinski definition) is 4. The molecule has 0 aliphatic carbocycles. The van der Waals surface area contributed by atoms with Crippen LogP contribution in [0.2, 0.25) is 5.02 Å². The molecule has 1 unspecified atom stereocenters. The fourth-order valence-corrected chi connectivity index (χ4v) is 4.03. The van der Waals surface area contributed by atoms with Gasteiger partial charge in [-0.2, -0.15) is 0 Å². The van der Waals surface area contributed by atoms with Crippen LogP contribution in [0.3, 0.4) is 0 Å². The first-order valence-electron chi connectivity index (χ1n) is 10.3. The van der Waals surface area contributed by atoms with Crippen LogP contribution in [-0.4, -0.2) is 11.1 Å². The Hall–Kier alpha value is -3.75. The van der Waals surface area contributed by atoms with Gasteiger partial charge in [0.05, 0.1) is 22.1 Å². The van der Waals surface area contributed by atoms with E-state index in [9.17, 15) is 14.7 Å². The van der Waals surface area contributed by atoms with Crippen molar-refractivity contribution in [1.82, 2.24) is 0 Å². The quantitative estimate of drug-likeness (QED) is 0.322. The van der Waals surface area contributed by atoms with Crippen molar-refractivity contribution in [2.75, 3.05) is 5.32 Å². The largest absolute Gasteiger partial charge is 0.478 e. The van der Waals surface area contributed by atoms with E-state index in [2.05, 4.69) is 11.2 Å². The van der Waals surface area contributed by atoms with Crippen molar-refractivity contribution in [3.05, 3.63) is 91.8 Å². The van der Waals surface area contributed by atoms with E-state index in [-0.39, 0.29) is 16.0 Å². The number of aryl methyl sites for hydroxylation is 1. The Kier molecular flexibility index (Phi) is 7.10. The molecule has 33 heavy (non-hydrogen) atoms. The maximum atomic E-state index is 13.2. The molecule has 1 aromatic heterocycles. The van der Waals surface area contributed by atoms with Crippen LogP contribution in [0.5, 0.6) is 0 Å². The van der Waals surface area contributed by atoms with Gasteiger partial charge in [-0.3, -0.25) is 4.79 Å². The number of fused-ring (bicyclic) bond motifs is 1. The lowest BCUT2D eigenvalue weighted by atomic mass is 9.98. The fraction of sp³-hybridized carbons (Fsp3) is 0.185. The van der Waals surface area contributed by atoms with E-state index in [1.54, 1.807) is 37.3 Å². The van der Waals surface area contributed by atoms with Crippen LogP contribution in [0.1, 0.15) is 52.7 Å². The summed E-state index contributed by atoms with van der Waals surface area (Å²) in [6.45, 7) is 7.33. The van der Waals surface area contributed by atoms with Crippen LogP contribution in [-0.2, 0) is 0 Å². The van der Waals surface area contributed by atoms with Gasteiger partial charge in [-0.1, -0.05) is 35.7 Å². The molecule has 2 aromatic carbocycles. The Morgan fingerprint density at radius 2 is 2.03 bits per heavy atom. The van der Waals surface area contributed by atoms with E-state index in [1.165, 1.54) is 6.07 Å². The van der Waals surface area contributed by atoms with Crippen LogP contribution in [0, 0.1) is 26.2 Å². The topological polar surface area (TPSA) is 79.5 Å². The van der Waals surface area contributed by atoms with Crippen molar-refractivity contribution >= 4 is 39.8 Å². The number of hydrogen-bond donors (Lipinski definition) is 2. The second kappa shape index (κ2) is 9.81. The smallest absolute Gasteiger partial charge is 0.339 e. The predicted octanol–water partition coefficient (Wildman–Crippen LogP) is 6.53. The number of allylic oxidation sites excluding steroid dienone is 4. The van der Waals surface area contributed by atoms with Gasteiger partial charge in [0.25, 0.3) is 0 Å². The second-order valence-corrected chi connectivity index (χ2v) is 8.10. The number of carboxylic acids is 1. The predicted molar refractivity (Wildman–Crippen MR) is 134 cm³/mol. The van der Waals surface area contributed by atoms with Gasteiger partial charge in [-0.15, -0.1) is 6.42 Å². The highest BCUT2D eigenvalue weighted by atomic mass is 35.5. The summed E-state index contributed by atoms with van der Waals surface area (Å²) in [6.07, 6.45) is 10.4. The number of aromatic carboxylic acids is 1. The van der Waals surface area contributed by atoms with E-state index < -0.39 is 12.0 Å². The highest BCUT2D eigenvalue weighted by molar-refractivity contribution is 6.34. The maximum absolute atomic E-state index is 13.2. The van der Waals surface area contributed by atoms with E-state index in [0.29, 0.717) is 33.6 Å². The second-order valence-electron chi connectivity index (χ2n) is 7.69. The molecule has 3 aromatic rings. The van der Waals surface area contributed by atoms with E-state index in [4.69, 9.17) is 22.4 Å². The lowest BCUT2D eigenvalue weighted by Gasteiger charge is -2.20. The fourth-order valence-electron chi connectivity index (χ4n) is 3.78. The van der Waals surface area contributed by atoms with Gasteiger partial charge in [-0.05, 0) is 63.6 Å². The molecular weight excluding hydrogens is 438 g/mol. The SMILES string of the molecule is C#C/C=C\C(=C/C)c1oc2c(C(C)Nc3cccc(Cl)c3C(=O)O)cc(C)cc2c(=O)c1C. The Bertz CT molecular complexity index is 1410. The standard InChI is InChI=1S/C27H24ClNO4/c1-6-8-10-18(7-2)25-16(4)24(30)20-14-15(3)13-19(26(20)33-25)17(5)29-22-12-9-11-21(28)23(22)27(31)32/h1,7-14,17,29H,2-5H3,(H,31,32)/b10-8-,18-7+. The lowest BCUT2D eigenvalue weighted by Crippen LogP contribution is -2.14. The first-order chi connectivity index (χ1) is 15.7. The molecule has 0 amide bonds. The molecule has 0 saturated carbocycles. The van der Waals surface area contributed by atoms with Gasteiger partial charge in [-0.25, -0.2) is 4.79 Å². The molecule has 0 saturated heterocycles. The number of rotatable bonds is 6. The number of carboxylic acid groups (broad SMARTS) is 1. The first kappa shape index (κ1) is 23.9. The Balaban J connectivity index is 2.23. The summed E-state index contributed by atoms with van der Waals surface area (Å²) in [5, 5.41) is 13.4. The molecule has 1 atom stereocenters. The Morgan fingerprint density at radius 3 is 2.67 bits per heavy atom. The van der Waals surface area contributed by atoms with Crippen molar-refractivity contribution in [2.24, 2.45) is 0 Å². The van der Waals surface area contributed by atoms with Gasteiger partial charge in [0, 0.05) is 16.7 Å². The Morgan fingerprint density at radius 1 is 1.30 bits per heavy atom. The normalized spacial score (nSPS) is 12.7. The highest BCUT2D eigenvalue weighted by Gasteiger charge is 2.21. The van der Waals surface area contributed by atoms with Crippen molar-refractivity contribution in [3.63, 3.8) is 0 Å². The molecule has 1 heterocycles. The molecule has 3 rings (SSSR count). The highest BCUT2D eigenvalue weighted by Crippen LogP contribution is 2.33. The molecule has 0 aliphatic rings. The monoisotopic (exact) mass is 461 g/mol. The zero-order valence-corrected chi connectivity index (χ0v) is 19.6. The first-order valence-corrected chi connectivity index (χ1v) is 10.7. The minimum absolute atomic E-state index is 0.0171. The number of halogens is 1. The third-order valence-electron chi connectivity index (χ3n) is 5.39. The number of carbonyl (C=O) groups is 1. The van der Waals surface area contributed by atoms with Crippen molar-refractivity contribution in [1.29, 1.82) is 0 Å². The maximum Gasteiger partial charge on any atom is 0.339 e. The molecule has 0 radical (unpaired) electrons. The number of terminal acetylenes is 1. The van der Waals surface area contributed by atoms with Gasteiger partial charge in [0.15, 0.2) is 5.43 Å². The van der Waals surface area contributed by atoms with Gasteiger partial charge in [0.1, 0.15) is 16.9 Å². The molecule has 0 fully saturated rings. The number of anilines is 1. The summed E-state index contributed by atoms with van der Waals surface area (Å²) in [7, 11) is 0. The van der Waals surface area contributed by atoms with Gasteiger partial charge < -0.3 is 14.8 Å². The van der Waals surface area contributed by atoms with E-state index in [0.717, 1.165) is 11.1 Å². The molecule has 168 valence electrons. The zero-order valence-electron chi connectivity index (χ0n) is 18.8. The number of benzene rings is 2. The lowest BCUT2D eigenvalue weighted by molar-refractivity contribution is 0.0698. The van der Waals surface area contributed by atoms with Crippen LogP contribution >= 0.6 is 11.6 Å². The summed E-state index contributed by atoms with van der Waals surface area (Å²) in [5.41, 5.74) is 3.43. The van der Waals surface area contributed by atoms with E-state index in [1.807, 2.05) is 32.9 Å². The number of nitrogens with one attached hydrogen (secondary N) is 1. The van der Waals surface area contributed by atoms with Gasteiger partial charge >= 0.3 is 5.97 Å². The van der Waals surface area contributed by atoms with Gasteiger partial charge in [0.2, 0.25) is 0 Å². The van der Waals surface area contributed by atoms with Crippen molar-refractivity contribution in [3.8, 4) is 12.3 Å². The molecule has 5 nitrogen and oxygen atoms in total.